The van der Waals surface area contributed by atoms with Gasteiger partial charge in [-0.2, -0.15) is 5.10 Å². The predicted octanol–water partition coefficient (Wildman–Crippen LogP) is 0.365. The number of hydrogen-bond donors (Lipinski definition) is 4. The number of aromatic nitrogens is 2. The van der Waals surface area contributed by atoms with E-state index in [1.807, 2.05) is 26.0 Å². The van der Waals surface area contributed by atoms with Crippen LogP contribution in [0.2, 0.25) is 0 Å². The standard InChI is InChI=1S/C15H20N4O3/c1-15(2)11(6-10(20)13(15)21)18-12-8(14(16)22)7-17-19-5-3-4-9(12)19/h3-5,7,10-11,13,18,20-21H,6H2,1-2H3,(H2,16,22)/t10-,11-,13-/m1/s1. The van der Waals surface area contributed by atoms with Gasteiger partial charge in [-0.1, -0.05) is 13.8 Å². The van der Waals surface area contributed by atoms with Crippen LogP contribution >= 0.6 is 0 Å². The lowest BCUT2D eigenvalue weighted by molar-refractivity contribution is -0.00805. The molecule has 1 aliphatic rings. The molecule has 1 fully saturated rings. The number of nitrogens with zero attached hydrogens (tertiary/aromatic N) is 2. The summed E-state index contributed by atoms with van der Waals surface area (Å²) in [7, 11) is 0. The van der Waals surface area contributed by atoms with E-state index in [1.165, 1.54) is 6.20 Å². The minimum Gasteiger partial charge on any atom is -0.390 e. The molecule has 1 amide bonds. The first-order valence-corrected chi connectivity index (χ1v) is 7.21. The number of primary amides is 1. The Kier molecular flexibility index (Phi) is 3.34. The van der Waals surface area contributed by atoms with Crippen LogP contribution in [0.1, 0.15) is 30.6 Å². The summed E-state index contributed by atoms with van der Waals surface area (Å²) in [6, 6.07) is 3.45. The van der Waals surface area contributed by atoms with E-state index in [4.69, 9.17) is 5.73 Å². The number of nitrogens with two attached hydrogens (primary N) is 1. The monoisotopic (exact) mass is 304 g/mol. The molecular weight excluding hydrogens is 284 g/mol. The molecule has 1 aliphatic carbocycles. The Hall–Kier alpha value is -2.12. The number of carbonyl (C=O) groups excluding carboxylic acids is 1. The molecule has 2 aromatic rings. The Bertz CT molecular complexity index is 725. The Morgan fingerprint density at radius 3 is 2.82 bits per heavy atom. The highest BCUT2D eigenvalue weighted by atomic mass is 16.3. The normalized spacial score (nSPS) is 27.2. The average molecular weight is 304 g/mol. The van der Waals surface area contributed by atoms with Crippen LogP contribution in [0.15, 0.2) is 24.5 Å². The van der Waals surface area contributed by atoms with Crippen molar-refractivity contribution in [1.82, 2.24) is 9.61 Å². The number of rotatable bonds is 3. The molecule has 0 unspecified atom stereocenters. The third-order valence-corrected chi connectivity index (χ3v) is 4.65. The zero-order valence-electron chi connectivity index (χ0n) is 12.5. The zero-order chi connectivity index (χ0) is 16.1. The molecule has 22 heavy (non-hydrogen) atoms. The van der Waals surface area contributed by atoms with Crippen LogP contribution < -0.4 is 11.1 Å². The van der Waals surface area contributed by atoms with E-state index in [9.17, 15) is 15.0 Å². The van der Waals surface area contributed by atoms with Crippen LogP contribution in [0, 0.1) is 5.41 Å². The summed E-state index contributed by atoms with van der Waals surface area (Å²) < 4.78 is 1.64. The summed E-state index contributed by atoms with van der Waals surface area (Å²) >= 11 is 0. The van der Waals surface area contributed by atoms with E-state index in [0.29, 0.717) is 12.1 Å². The van der Waals surface area contributed by atoms with Crippen LogP contribution in [-0.4, -0.2) is 44.0 Å². The van der Waals surface area contributed by atoms with E-state index < -0.39 is 23.5 Å². The molecule has 7 heteroatoms. The van der Waals surface area contributed by atoms with Crippen molar-refractivity contribution in [2.75, 3.05) is 5.32 Å². The number of aliphatic hydroxyl groups is 2. The van der Waals surface area contributed by atoms with Gasteiger partial charge >= 0.3 is 0 Å². The SMILES string of the molecule is CC1(C)[C@H](O)[C@H](O)C[C@H]1Nc1c(C(N)=O)cnn2cccc12. The van der Waals surface area contributed by atoms with E-state index in [1.54, 1.807) is 10.7 Å². The molecule has 2 heterocycles. The van der Waals surface area contributed by atoms with Gasteiger partial charge in [0.15, 0.2) is 0 Å². The molecular formula is C15H20N4O3. The average Bonchev–Trinajstić information content (AvgIpc) is 2.99. The van der Waals surface area contributed by atoms with Crippen molar-refractivity contribution in [3.8, 4) is 0 Å². The van der Waals surface area contributed by atoms with Gasteiger partial charge in [0.1, 0.15) is 0 Å². The third kappa shape index (κ3) is 2.13. The van der Waals surface area contributed by atoms with Gasteiger partial charge < -0.3 is 21.3 Å². The van der Waals surface area contributed by atoms with Crippen molar-refractivity contribution in [3.63, 3.8) is 0 Å². The van der Waals surface area contributed by atoms with Crippen LogP contribution in [0.5, 0.6) is 0 Å². The summed E-state index contributed by atoms with van der Waals surface area (Å²) in [5.74, 6) is -0.574. The zero-order valence-corrected chi connectivity index (χ0v) is 12.5. The lowest BCUT2D eigenvalue weighted by atomic mass is 9.85. The second-order valence-electron chi connectivity index (χ2n) is 6.40. The minimum absolute atomic E-state index is 0.198. The number of carbonyl (C=O) groups is 1. The fourth-order valence-electron chi connectivity index (χ4n) is 3.13. The van der Waals surface area contributed by atoms with E-state index in [0.717, 1.165) is 5.52 Å². The lowest BCUT2D eigenvalue weighted by Crippen LogP contribution is -2.39. The molecule has 0 aromatic carbocycles. The highest BCUT2D eigenvalue weighted by Crippen LogP contribution is 2.40. The molecule has 0 spiro atoms. The Morgan fingerprint density at radius 2 is 2.23 bits per heavy atom. The second kappa shape index (κ2) is 4.96. The molecule has 3 rings (SSSR count). The summed E-state index contributed by atoms with van der Waals surface area (Å²) in [6.07, 6.45) is 1.96. The Morgan fingerprint density at radius 1 is 1.50 bits per heavy atom. The molecule has 3 atom stereocenters. The Balaban J connectivity index is 2.05. The van der Waals surface area contributed by atoms with Crippen molar-refractivity contribution in [3.05, 3.63) is 30.1 Å². The maximum absolute atomic E-state index is 11.7. The molecule has 0 bridgehead atoms. The number of amides is 1. The van der Waals surface area contributed by atoms with Gasteiger partial charge in [-0.15, -0.1) is 0 Å². The quantitative estimate of drug-likeness (QED) is 0.654. The lowest BCUT2D eigenvalue weighted by Gasteiger charge is -2.31. The van der Waals surface area contributed by atoms with Gasteiger partial charge in [0.25, 0.3) is 5.91 Å². The number of fused-ring (bicyclic) bond motifs is 1. The number of hydrogen-bond acceptors (Lipinski definition) is 5. The fraction of sp³-hybridized carbons (Fsp3) is 0.467. The highest BCUT2D eigenvalue weighted by Gasteiger charge is 2.48. The topological polar surface area (TPSA) is 113 Å². The highest BCUT2D eigenvalue weighted by molar-refractivity contribution is 6.01. The van der Waals surface area contributed by atoms with Crippen molar-refractivity contribution >= 4 is 17.1 Å². The van der Waals surface area contributed by atoms with Crippen LogP contribution in [-0.2, 0) is 0 Å². The van der Waals surface area contributed by atoms with Crippen molar-refractivity contribution in [2.45, 2.75) is 38.5 Å². The smallest absolute Gasteiger partial charge is 0.252 e. The number of anilines is 1. The number of aliphatic hydroxyl groups excluding tert-OH is 2. The summed E-state index contributed by atoms with van der Waals surface area (Å²) in [5, 5.41) is 27.5. The van der Waals surface area contributed by atoms with Crippen LogP contribution in [0.25, 0.3) is 5.52 Å². The first-order chi connectivity index (χ1) is 10.3. The molecule has 0 aliphatic heterocycles. The fourth-order valence-corrected chi connectivity index (χ4v) is 3.13. The molecule has 118 valence electrons. The maximum atomic E-state index is 11.7. The molecule has 2 aromatic heterocycles. The van der Waals surface area contributed by atoms with Gasteiger partial charge in [0.05, 0.1) is 35.2 Å². The molecule has 0 saturated heterocycles. The Labute approximate surface area is 127 Å². The first kappa shape index (κ1) is 14.8. The molecule has 5 N–H and O–H groups in total. The van der Waals surface area contributed by atoms with Gasteiger partial charge in [0, 0.05) is 17.7 Å². The van der Waals surface area contributed by atoms with E-state index >= 15 is 0 Å². The molecule has 1 saturated carbocycles. The molecule has 0 radical (unpaired) electrons. The van der Waals surface area contributed by atoms with E-state index in [-0.39, 0.29) is 11.6 Å². The van der Waals surface area contributed by atoms with Crippen molar-refractivity contribution < 1.29 is 15.0 Å². The maximum Gasteiger partial charge on any atom is 0.252 e. The van der Waals surface area contributed by atoms with Gasteiger partial charge in [-0.05, 0) is 18.6 Å². The van der Waals surface area contributed by atoms with Crippen molar-refractivity contribution in [1.29, 1.82) is 0 Å². The predicted molar refractivity (Wildman–Crippen MR) is 81.5 cm³/mol. The van der Waals surface area contributed by atoms with E-state index in [2.05, 4.69) is 10.4 Å². The summed E-state index contributed by atoms with van der Waals surface area (Å²) in [6.45, 7) is 3.76. The minimum atomic E-state index is -0.827. The summed E-state index contributed by atoms with van der Waals surface area (Å²) in [4.78, 5) is 11.7. The van der Waals surface area contributed by atoms with Gasteiger partial charge in [0.2, 0.25) is 0 Å². The number of nitrogens with one attached hydrogen (secondary N) is 1. The van der Waals surface area contributed by atoms with Gasteiger partial charge in [-0.3, -0.25) is 4.79 Å². The first-order valence-electron chi connectivity index (χ1n) is 7.21. The summed E-state index contributed by atoms with van der Waals surface area (Å²) in [5.41, 5.74) is 6.49. The largest absolute Gasteiger partial charge is 0.390 e. The van der Waals surface area contributed by atoms with Crippen molar-refractivity contribution in [2.24, 2.45) is 11.1 Å². The van der Waals surface area contributed by atoms with Crippen LogP contribution in [0.4, 0.5) is 5.69 Å². The van der Waals surface area contributed by atoms with Crippen LogP contribution in [0.3, 0.4) is 0 Å². The molecule has 7 nitrogen and oxygen atoms in total. The second-order valence-corrected chi connectivity index (χ2v) is 6.40. The van der Waals surface area contributed by atoms with Gasteiger partial charge in [-0.25, -0.2) is 4.52 Å². The third-order valence-electron chi connectivity index (χ3n) is 4.65.